The monoisotopic (exact) mass is 262 g/mol. The van der Waals surface area contributed by atoms with Crippen LogP contribution in [0.25, 0.3) is 10.2 Å². The summed E-state index contributed by atoms with van der Waals surface area (Å²) in [6.45, 7) is 0.120. The molecule has 0 amide bonds. The van der Waals surface area contributed by atoms with Gasteiger partial charge in [-0.25, -0.2) is 4.98 Å². The minimum Gasteiger partial charge on any atom is -0.481 e. The minimum absolute atomic E-state index is 0.120. The van der Waals surface area contributed by atoms with E-state index < -0.39 is 11.9 Å². The van der Waals surface area contributed by atoms with Crippen molar-refractivity contribution in [3.8, 4) is 0 Å². The van der Waals surface area contributed by atoms with Gasteiger partial charge in [0.15, 0.2) is 0 Å². The van der Waals surface area contributed by atoms with Crippen LogP contribution in [-0.4, -0.2) is 22.6 Å². The lowest BCUT2D eigenvalue weighted by Gasteiger charge is -2.09. The molecule has 0 radical (unpaired) electrons. The maximum atomic E-state index is 11.1. The Labute approximate surface area is 108 Å². The van der Waals surface area contributed by atoms with Crippen LogP contribution in [0, 0.1) is 0 Å². The first-order valence-electron chi connectivity index (χ1n) is 6.02. The third kappa shape index (κ3) is 2.00. The van der Waals surface area contributed by atoms with Gasteiger partial charge in [-0.2, -0.15) is 0 Å². The molecule has 1 aliphatic rings. The number of hydrogen-bond acceptors (Lipinski definition) is 4. The van der Waals surface area contributed by atoms with Gasteiger partial charge in [0, 0.05) is 12.5 Å². The van der Waals surface area contributed by atoms with E-state index in [1.54, 1.807) is 11.3 Å². The van der Waals surface area contributed by atoms with Gasteiger partial charge < -0.3 is 10.8 Å². The van der Waals surface area contributed by atoms with E-state index in [4.69, 9.17) is 10.8 Å². The van der Waals surface area contributed by atoms with E-state index in [2.05, 4.69) is 4.98 Å². The molecule has 1 fully saturated rings. The van der Waals surface area contributed by atoms with E-state index in [1.807, 2.05) is 18.2 Å². The zero-order valence-corrected chi connectivity index (χ0v) is 10.6. The van der Waals surface area contributed by atoms with Crippen LogP contribution in [0.1, 0.15) is 35.2 Å². The van der Waals surface area contributed by atoms with E-state index in [-0.39, 0.29) is 6.54 Å². The number of carbonyl (C=O) groups is 1. The molecule has 1 unspecified atom stereocenters. The van der Waals surface area contributed by atoms with Gasteiger partial charge in [-0.3, -0.25) is 4.79 Å². The molecule has 1 heterocycles. The lowest BCUT2D eigenvalue weighted by Crippen LogP contribution is -2.20. The normalized spacial score (nSPS) is 16.9. The van der Waals surface area contributed by atoms with Crippen molar-refractivity contribution < 1.29 is 9.90 Å². The van der Waals surface area contributed by atoms with Gasteiger partial charge in [0.25, 0.3) is 0 Å². The first-order valence-corrected chi connectivity index (χ1v) is 6.84. The number of hydrogen-bond donors (Lipinski definition) is 2. The molecule has 0 bridgehead atoms. The highest BCUT2D eigenvalue weighted by molar-refractivity contribution is 7.18. The van der Waals surface area contributed by atoms with Crippen molar-refractivity contribution in [2.75, 3.05) is 6.54 Å². The van der Waals surface area contributed by atoms with Gasteiger partial charge in [-0.05, 0) is 30.5 Å². The lowest BCUT2D eigenvalue weighted by atomic mass is 9.99. The van der Waals surface area contributed by atoms with Gasteiger partial charge in [0.05, 0.1) is 21.1 Å². The number of rotatable bonds is 4. The van der Waals surface area contributed by atoms with Crippen molar-refractivity contribution in [1.82, 2.24) is 4.98 Å². The molecule has 0 aliphatic heterocycles. The molecule has 1 aliphatic carbocycles. The highest BCUT2D eigenvalue weighted by Gasteiger charge is 2.27. The number of nitrogens with zero attached hydrogens (tertiary/aromatic N) is 1. The van der Waals surface area contributed by atoms with Crippen LogP contribution in [0.4, 0.5) is 0 Å². The molecule has 1 aromatic heterocycles. The largest absolute Gasteiger partial charge is 0.481 e. The smallest absolute Gasteiger partial charge is 0.312 e. The Kier molecular flexibility index (Phi) is 2.80. The summed E-state index contributed by atoms with van der Waals surface area (Å²) in [4.78, 5) is 15.7. The summed E-state index contributed by atoms with van der Waals surface area (Å²) in [6.07, 6.45) is 2.46. The van der Waals surface area contributed by atoms with E-state index >= 15 is 0 Å². The Morgan fingerprint density at radius 2 is 2.33 bits per heavy atom. The molecule has 2 aromatic rings. The van der Waals surface area contributed by atoms with Crippen molar-refractivity contribution in [3.63, 3.8) is 0 Å². The fourth-order valence-corrected chi connectivity index (χ4v) is 3.25. The van der Waals surface area contributed by atoms with E-state index in [9.17, 15) is 4.79 Å². The summed E-state index contributed by atoms with van der Waals surface area (Å²) in [6, 6.07) is 5.65. The maximum absolute atomic E-state index is 11.1. The van der Waals surface area contributed by atoms with Crippen molar-refractivity contribution in [2.24, 2.45) is 5.73 Å². The molecule has 3 rings (SSSR count). The topological polar surface area (TPSA) is 76.2 Å². The van der Waals surface area contributed by atoms with Crippen LogP contribution in [0.5, 0.6) is 0 Å². The van der Waals surface area contributed by atoms with Crippen LogP contribution in [-0.2, 0) is 4.79 Å². The molecule has 0 saturated heterocycles. The van der Waals surface area contributed by atoms with E-state index in [0.29, 0.717) is 5.92 Å². The van der Waals surface area contributed by atoms with Crippen molar-refractivity contribution in [2.45, 2.75) is 24.7 Å². The molecule has 3 N–H and O–H groups in total. The Hall–Kier alpha value is -1.46. The number of nitrogens with two attached hydrogens (primary N) is 1. The highest BCUT2D eigenvalue weighted by atomic mass is 32.1. The lowest BCUT2D eigenvalue weighted by molar-refractivity contribution is -0.138. The molecule has 94 valence electrons. The Morgan fingerprint density at radius 3 is 2.94 bits per heavy atom. The first-order chi connectivity index (χ1) is 8.69. The van der Waals surface area contributed by atoms with Crippen LogP contribution in [0.3, 0.4) is 0 Å². The molecule has 4 nitrogen and oxygen atoms in total. The fourth-order valence-electron chi connectivity index (χ4n) is 2.06. The summed E-state index contributed by atoms with van der Waals surface area (Å²) < 4.78 is 1.06. The van der Waals surface area contributed by atoms with Crippen LogP contribution >= 0.6 is 11.3 Å². The van der Waals surface area contributed by atoms with Gasteiger partial charge >= 0.3 is 5.97 Å². The summed E-state index contributed by atoms with van der Waals surface area (Å²) >= 11 is 1.68. The number of aliphatic carboxylic acids is 1. The SMILES string of the molecule is NCC(C(=O)O)c1ccc2nc(C3CC3)sc2c1. The predicted molar refractivity (Wildman–Crippen MR) is 71.0 cm³/mol. The zero-order chi connectivity index (χ0) is 12.7. The van der Waals surface area contributed by atoms with Crippen molar-refractivity contribution in [3.05, 3.63) is 28.8 Å². The third-order valence-corrected chi connectivity index (χ3v) is 4.47. The molecule has 1 atom stereocenters. The standard InChI is InChI=1S/C13H14N2O2S/c14-6-9(13(16)17)8-3-4-10-11(5-8)18-12(15-10)7-1-2-7/h3-5,7,9H,1-2,6,14H2,(H,16,17). The van der Waals surface area contributed by atoms with Gasteiger partial charge in [0.2, 0.25) is 0 Å². The first kappa shape index (κ1) is 11.6. The number of thiazole rings is 1. The minimum atomic E-state index is -0.871. The van der Waals surface area contributed by atoms with Crippen molar-refractivity contribution >= 4 is 27.5 Å². The molecule has 1 aromatic carbocycles. The van der Waals surface area contributed by atoms with Gasteiger partial charge in [-0.15, -0.1) is 11.3 Å². The van der Waals surface area contributed by atoms with Gasteiger partial charge in [-0.1, -0.05) is 6.07 Å². The fraction of sp³-hybridized carbons (Fsp3) is 0.385. The second-order valence-electron chi connectivity index (χ2n) is 4.68. The number of benzene rings is 1. The molecule has 1 saturated carbocycles. The summed E-state index contributed by atoms with van der Waals surface area (Å²) in [5, 5.41) is 10.3. The average molecular weight is 262 g/mol. The molecule has 5 heteroatoms. The number of aromatic nitrogens is 1. The molecular weight excluding hydrogens is 248 g/mol. The number of carboxylic acid groups (broad SMARTS) is 1. The summed E-state index contributed by atoms with van der Waals surface area (Å²) in [7, 11) is 0. The molecule has 0 spiro atoms. The van der Waals surface area contributed by atoms with E-state index in [1.165, 1.54) is 17.8 Å². The van der Waals surface area contributed by atoms with Crippen molar-refractivity contribution in [1.29, 1.82) is 0 Å². The second kappa shape index (κ2) is 4.33. The average Bonchev–Trinajstić information content (AvgIpc) is 3.10. The Morgan fingerprint density at radius 1 is 1.56 bits per heavy atom. The number of carboxylic acids is 1. The molecule has 18 heavy (non-hydrogen) atoms. The van der Waals surface area contributed by atoms with Crippen LogP contribution < -0.4 is 5.73 Å². The zero-order valence-electron chi connectivity index (χ0n) is 9.80. The maximum Gasteiger partial charge on any atom is 0.312 e. The number of fused-ring (bicyclic) bond motifs is 1. The summed E-state index contributed by atoms with van der Waals surface area (Å²) in [5.41, 5.74) is 7.25. The predicted octanol–water partition coefficient (Wildman–Crippen LogP) is 2.30. The second-order valence-corrected chi connectivity index (χ2v) is 5.74. The Bertz CT molecular complexity index is 604. The third-order valence-electron chi connectivity index (χ3n) is 3.29. The van der Waals surface area contributed by atoms with E-state index in [0.717, 1.165) is 15.8 Å². The quantitative estimate of drug-likeness (QED) is 0.886. The summed E-state index contributed by atoms with van der Waals surface area (Å²) in [5.74, 6) is -0.861. The highest BCUT2D eigenvalue weighted by Crippen LogP contribution is 2.43. The van der Waals surface area contributed by atoms with Gasteiger partial charge in [0.1, 0.15) is 0 Å². The molecular formula is C13H14N2O2S. The van der Waals surface area contributed by atoms with Crippen LogP contribution in [0.2, 0.25) is 0 Å². The Balaban J connectivity index is 2.01. The van der Waals surface area contributed by atoms with Crippen LogP contribution in [0.15, 0.2) is 18.2 Å².